The maximum Gasteiger partial charge on any atom is 0.405 e. The highest BCUT2D eigenvalue weighted by atomic mass is 32.2. The van der Waals surface area contributed by atoms with Crippen LogP contribution in [-0.2, 0) is 20.4 Å². The van der Waals surface area contributed by atoms with E-state index in [1.165, 1.54) is 28.3 Å². The molecule has 7 nitrogen and oxygen atoms in total. The lowest BCUT2D eigenvalue weighted by molar-refractivity contribution is -0.145. The number of rotatable bonds is 5. The van der Waals surface area contributed by atoms with Gasteiger partial charge in [0.1, 0.15) is 12.1 Å². The Morgan fingerprint density at radius 1 is 1.33 bits per heavy atom. The Kier molecular flexibility index (Phi) is 5.23. The average molecular weight is 368 g/mol. The lowest BCUT2D eigenvalue weighted by Gasteiger charge is -2.40. The molecule has 0 atom stereocenters. The minimum atomic E-state index is -4.52. The molecule has 24 heavy (non-hydrogen) atoms. The fraction of sp³-hybridized carbons (Fsp3) is 0.692. The van der Waals surface area contributed by atoms with E-state index in [-0.39, 0.29) is 31.7 Å². The second-order valence-electron chi connectivity index (χ2n) is 5.58. The van der Waals surface area contributed by atoms with Crippen molar-refractivity contribution in [3.63, 3.8) is 0 Å². The molecule has 1 saturated heterocycles. The first-order valence-electron chi connectivity index (χ1n) is 7.44. The Morgan fingerprint density at radius 3 is 2.42 bits per heavy atom. The molecule has 1 N–H and O–H groups in total. The van der Waals surface area contributed by atoms with Crippen LogP contribution in [0.4, 0.5) is 13.2 Å². The van der Waals surface area contributed by atoms with Crippen LogP contribution in [0.1, 0.15) is 19.8 Å². The molecule has 1 aromatic heterocycles. The van der Waals surface area contributed by atoms with Gasteiger partial charge >= 0.3 is 6.18 Å². The molecule has 11 heteroatoms. The van der Waals surface area contributed by atoms with Crippen molar-refractivity contribution in [1.29, 1.82) is 0 Å². The maximum atomic E-state index is 12.5. The van der Waals surface area contributed by atoms with Crippen molar-refractivity contribution in [1.82, 2.24) is 19.4 Å². The van der Waals surface area contributed by atoms with E-state index in [4.69, 9.17) is 0 Å². The topological polar surface area (TPSA) is 84.3 Å². The van der Waals surface area contributed by atoms with Crippen LogP contribution >= 0.6 is 0 Å². The molecule has 0 unspecified atom stereocenters. The number of halogens is 3. The molecule has 0 spiro atoms. The van der Waals surface area contributed by atoms with E-state index in [0.717, 1.165) is 0 Å². The lowest BCUT2D eigenvalue weighted by atomic mass is 9.87. The Balaban J connectivity index is 2.21. The quantitative estimate of drug-likeness (QED) is 0.829. The monoisotopic (exact) mass is 368 g/mol. The fourth-order valence-corrected chi connectivity index (χ4v) is 3.85. The Hall–Kier alpha value is -1.62. The predicted molar refractivity (Wildman–Crippen MR) is 79.5 cm³/mol. The summed E-state index contributed by atoms with van der Waals surface area (Å²) < 4.78 is 63.6. The maximum absolute atomic E-state index is 12.5. The van der Waals surface area contributed by atoms with Crippen molar-refractivity contribution >= 4 is 15.9 Å². The number of sulfonamides is 1. The number of amides is 1. The smallest absolute Gasteiger partial charge is 0.345 e. The Bertz CT molecular complexity index is 665. The largest absolute Gasteiger partial charge is 0.405 e. The van der Waals surface area contributed by atoms with Gasteiger partial charge < -0.3 is 5.32 Å². The average Bonchev–Trinajstić information content (AvgIpc) is 3.06. The molecule has 1 aliphatic heterocycles. The van der Waals surface area contributed by atoms with Crippen LogP contribution in [0.2, 0.25) is 0 Å². The summed E-state index contributed by atoms with van der Waals surface area (Å²) in [7, 11) is -3.41. The number of carbonyl (C=O) groups excluding carboxylic acids is 1. The highest BCUT2D eigenvalue weighted by Crippen LogP contribution is 2.31. The minimum Gasteiger partial charge on any atom is -0.345 e. The number of nitrogens with zero attached hydrogens (tertiary/aromatic N) is 3. The first kappa shape index (κ1) is 18.7. The molecule has 1 amide bonds. The molecule has 0 bridgehead atoms. The van der Waals surface area contributed by atoms with Crippen LogP contribution in [-0.4, -0.2) is 60.0 Å². The second-order valence-corrected chi connectivity index (χ2v) is 7.84. The van der Waals surface area contributed by atoms with Crippen molar-refractivity contribution in [3.05, 3.63) is 18.5 Å². The van der Waals surface area contributed by atoms with E-state index in [1.54, 1.807) is 6.07 Å². The van der Waals surface area contributed by atoms with Crippen LogP contribution < -0.4 is 5.32 Å². The van der Waals surface area contributed by atoms with E-state index in [0.29, 0.717) is 0 Å². The summed E-state index contributed by atoms with van der Waals surface area (Å²) in [5, 5.41) is 5.89. The zero-order valence-corrected chi connectivity index (χ0v) is 13.9. The van der Waals surface area contributed by atoms with Crippen LogP contribution in [0, 0.1) is 0 Å². The molecular weight excluding hydrogens is 349 g/mol. The summed E-state index contributed by atoms with van der Waals surface area (Å²) >= 11 is 0. The number of piperidine rings is 1. The third kappa shape index (κ3) is 3.89. The third-order valence-corrected chi connectivity index (χ3v) is 6.00. The number of aromatic nitrogens is 2. The van der Waals surface area contributed by atoms with Gasteiger partial charge in [-0.3, -0.25) is 9.48 Å². The van der Waals surface area contributed by atoms with Crippen molar-refractivity contribution < 1.29 is 26.4 Å². The summed E-state index contributed by atoms with van der Waals surface area (Å²) in [6.07, 6.45) is -1.49. The van der Waals surface area contributed by atoms with Crippen LogP contribution in [0.5, 0.6) is 0 Å². The second kappa shape index (κ2) is 6.71. The highest BCUT2D eigenvalue weighted by molar-refractivity contribution is 7.89. The number of nitrogens with one attached hydrogen (secondary N) is 1. The van der Waals surface area contributed by atoms with Gasteiger partial charge in [-0.05, 0) is 25.8 Å². The summed E-state index contributed by atoms with van der Waals surface area (Å²) in [5.74, 6) is -0.876. The molecule has 0 aliphatic carbocycles. The number of hydrogen-bond acceptors (Lipinski definition) is 4. The first-order chi connectivity index (χ1) is 11.1. The lowest BCUT2D eigenvalue weighted by Crippen LogP contribution is -2.57. The summed E-state index contributed by atoms with van der Waals surface area (Å²) in [5.41, 5.74) is -1.32. The van der Waals surface area contributed by atoms with Gasteiger partial charge in [0.05, 0.1) is 5.75 Å². The Labute approximate surface area is 137 Å². The molecule has 0 saturated carbocycles. The SMILES string of the molecule is CCS(=O)(=O)N1CCC(C(=O)NCC(F)(F)F)(n2cccn2)CC1. The molecule has 136 valence electrons. The van der Waals surface area contributed by atoms with Crippen molar-refractivity contribution in [2.75, 3.05) is 25.4 Å². The molecule has 0 radical (unpaired) electrons. The van der Waals surface area contributed by atoms with Gasteiger partial charge in [-0.25, -0.2) is 12.7 Å². The predicted octanol–water partition coefficient (Wildman–Crippen LogP) is 0.702. The highest BCUT2D eigenvalue weighted by Gasteiger charge is 2.46. The zero-order chi connectivity index (χ0) is 18.0. The van der Waals surface area contributed by atoms with Gasteiger partial charge in [-0.15, -0.1) is 0 Å². The molecule has 1 aromatic rings. The van der Waals surface area contributed by atoms with Gasteiger partial charge in [-0.2, -0.15) is 18.3 Å². The van der Waals surface area contributed by atoms with Gasteiger partial charge in [0.2, 0.25) is 15.9 Å². The molecule has 1 fully saturated rings. The zero-order valence-electron chi connectivity index (χ0n) is 13.1. The standard InChI is InChI=1S/C13H19F3N4O3S/c1-2-24(22,23)19-8-4-12(5-9-19,20-7-3-6-18-20)11(21)17-10-13(14,15)16/h3,6-7H,2,4-5,8-10H2,1H3,(H,17,21). The first-order valence-corrected chi connectivity index (χ1v) is 9.05. The van der Waals surface area contributed by atoms with Crippen molar-refractivity contribution in [2.45, 2.75) is 31.5 Å². The van der Waals surface area contributed by atoms with E-state index in [9.17, 15) is 26.4 Å². The van der Waals surface area contributed by atoms with Crippen molar-refractivity contribution in [3.8, 4) is 0 Å². The molecular formula is C13H19F3N4O3S. The molecule has 2 rings (SSSR count). The van der Waals surface area contributed by atoms with Gasteiger partial charge in [-0.1, -0.05) is 0 Å². The molecule has 0 aromatic carbocycles. The van der Waals surface area contributed by atoms with Crippen LogP contribution in [0.25, 0.3) is 0 Å². The number of hydrogen-bond donors (Lipinski definition) is 1. The fourth-order valence-electron chi connectivity index (χ4n) is 2.74. The summed E-state index contributed by atoms with van der Waals surface area (Å²) in [6.45, 7) is 0.178. The normalized spacial score (nSPS) is 19.2. The van der Waals surface area contributed by atoms with Gasteiger partial charge in [0.25, 0.3) is 0 Å². The van der Waals surface area contributed by atoms with E-state index in [1.807, 2.05) is 5.32 Å². The Morgan fingerprint density at radius 2 is 1.96 bits per heavy atom. The number of carbonyl (C=O) groups is 1. The van der Waals surface area contributed by atoms with Gasteiger partial charge in [0, 0.05) is 25.5 Å². The summed E-state index contributed by atoms with van der Waals surface area (Å²) in [4.78, 5) is 12.5. The van der Waals surface area contributed by atoms with Crippen molar-refractivity contribution in [2.24, 2.45) is 0 Å². The minimum absolute atomic E-state index is 0.0511. The van der Waals surface area contributed by atoms with E-state index >= 15 is 0 Å². The van der Waals surface area contributed by atoms with Gasteiger partial charge in [0.15, 0.2) is 0 Å². The molecule has 2 heterocycles. The summed E-state index contributed by atoms with van der Waals surface area (Å²) in [6, 6.07) is 1.56. The van der Waals surface area contributed by atoms with E-state index in [2.05, 4.69) is 5.10 Å². The van der Waals surface area contributed by atoms with Crippen LogP contribution in [0.15, 0.2) is 18.5 Å². The van der Waals surface area contributed by atoms with E-state index < -0.39 is 34.2 Å². The third-order valence-electron chi connectivity index (χ3n) is 4.12. The molecule has 1 aliphatic rings. The van der Waals surface area contributed by atoms with Crippen LogP contribution in [0.3, 0.4) is 0 Å². The number of alkyl halides is 3.